The van der Waals surface area contributed by atoms with Crippen molar-refractivity contribution in [3.8, 4) is 11.4 Å². The smallest absolute Gasteiger partial charge is 0.360 e. The van der Waals surface area contributed by atoms with E-state index in [0.717, 1.165) is 35.4 Å². The van der Waals surface area contributed by atoms with Crippen molar-refractivity contribution in [1.82, 2.24) is 14.9 Å². The summed E-state index contributed by atoms with van der Waals surface area (Å²) < 4.78 is 0. The van der Waals surface area contributed by atoms with Crippen LogP contribution in [0.3, 0.4) is 0 Å². The van der Waals surface area contributed by atoms with E-state index < -0.39 is 5.91 Å². The Bertz CT molecular complexity index is 1750. The van der Waals surface area contributed by atoms with Crippen LogP contribution in [0.2, 0.25) is 0 Å². The number of hydrogen-bond donors (Lipinski definition) is 2. The van der Waals surface area contributed by atoms with E-state index in [1.807, 2.05) is 60.7 Å². The van der Waals surface area contributed by atoms with Gasteiger partial charge in [0.2, 0.25) is 10.0 Å². The van der Waals surface area contributed by atoms with Gasteiger partial charge in [0.25, 0.3) is 5.91 Å². The SMILES string of the molecule is O=C(N=[N+]=Nc1ccccc1)c1ccc(-c2nc3cc(NC(=O)c4ccc(N5CCCCC5)cc4)ccc3[nH]2)cc1. The fourth-order valence-electron chi connectivity index (χ4n) is 4.84. The van der Waals surface area contributed by atoms with E-state index in [-0.39, 0.29) is 5.91 Å². The molecule has 0 aliphatic carbocycles. The molecular formula is C32H28N7O2+. The van der Waals surface area contributed by atoms with Gasteiger partial charge in [-0.1, -0.05) is 30.3 Å². The number of fused-ring (bicyclic) bond motifs is 1. The summed E-state index contributed by atoms with van der Waals surface area (Å²) in [5, 5.41) is 10.6. The Kier molecular flexibility index (Phi) is 7.42. The highest BCUT2D eigenvalue weighted by atomic mass is 16.2. The number of piperidine rings is 1. The van der Waals surface area contributed by atoms with E-state index in [4.69, 9.17) is 4.98 Å². The summed E-state index contributed by atoms with van der Waals surface area (Å²) in [6.07, 6.45) is 3.71. The fourth-order valence-corrected chi connectivity index (χ4v) is 4.84. The van der Waals surface area contributed by atoms with E-state index in [1.165, 1.54) is 19.3 Å². The highest BCUT2D eigenvalue weighted by Gasteiger charge is 2.14. The molecule has 6 rings (SSSR count). The first-order chi connectivity index (χ1) is 20.1. The second-order valence-corrected chi connectivity index (χ2v) is 9.87. The van der Waals surface area contributed by atoms with Crippen LogP contribution in [0.5, 0.6) is 0 Å². The second-order valence-electron chi connectivity index (χ2n) is 9.87. The van der Waals surface area contributed by atoms with Crippen LogP contribution >= 0.6 is 0 Å². The first-order valence-corrected chi connectivity index (χ1v) is 13.6. The number of nitrogens with zero attached hydrogens (tertiary/aromatic N) is 5. The molecule has 0 bridgehead atoms. The zero-order valence-corrected chi connectivity index (χ0v) is 22.3. The first-order valence-electron chi connectivity index (χ1n) is 13.6. The van der Waals surface area contributed by atoms with Crippen molar-refractivity contribution in [1.29, 1.82) is 0 Å². The summed E-state index contributed by atoms with van der Waals surface area (Å²) in [4.78, 5) is 39.2. The largest absolute Gasteiger partial charge is 0.372 e. The molecule has 1 aliphatic heterocycles. The lowest BCUT2D eigenvalue weighted by Gasteiger charge is -2.28. The number of carbonyl (C=O) groups is 2. The molecule has 4 aromatic carbocycles. The van der Waals surface area contributed by atoms with Crippen LogP contribution < -0.4 is 15.1 Å². The van der Waals surface area contributed by atoms with Gasteiger partial charge < -0.3 is 15.2 Å². The van der Waals surface area contributed by atoms with Crippen molar-refractivity contribution in [2.45, 2.75) is 19.3 Å². The predicted octanol–water partition coefficient (Wildman–Crippen LogP) is 6.92. The molecule has 9 heteroatoms. The van der Waals surface area contributed by atoms with Crippen molar-refractivity contribution < 1.29 is 9.59 Å². The number of hydrogen-bond acceptors (Lipinski definition) is 5. The van der Waals surface area contributed by atoms with Gasteiger partial charge in [-0.15, -0.1) is 0 Å². The van der Waals surface area contributed by atoms with Crippen LogP contribution in [0.25, 0.3) is 22.4 Å². The van der Waals surface area contributed by atoms with E-state index in [2.05, 4.69) is 30.3 Å². The lowest BCUT2D eigenvalue weighted by Crippen LogP contribution is -2.29. The molecule has 2 amide bonds. The number of imidazole rings is 1. The third-order valence-corrected chi connectivity index (χ3v) is 7.05. The number of nitrogens with one attached hydrogen (secondary N) is 2. The van der Waals surface area contributed by atoms with Crippen LogP contribution in [0.4, 0.5) is 17.1 Å². The Labute approximate surface area is 236 Å². The zero-order chi connectivity index (χ0) is 28.0. The number of aromatic amines is 1. The Morgan fingerprint density at radius 2 is 1.56 bits per heavy atom. The Morgan fingerprint density at radius 3 is 2.32 bits per heavy atom. The zero-order valence-electron chi connectivity index (χ0n) is 22.3. The summed E-state index contributed by atoms with van der Waals surface area (Å²) in [5.74, 6) is -0.00175. The van der Waals surface area contributed by atoms with Gasteiger partial charge in [0.15, 0.2) is 10.8 Å². The number of aromatic nitrogens is 2. The molecule has 1 fully saturated rings. The maximum atomic E-state index is 12.9. The van der Waals surface area contributed by atoms with Crippen LogP contribution in [-0.2, 0) is 0 Å². The van der Waals surface area contributed by atoms with Crippen LogP contribution in [0.1, 0.15) is 40.0 Å². The predicted molar refractivity (Wildman–Crippen MR) is 159 cm³/mol. The number of benzene rings is 4. The monoisotopic (exact) mass is 542 g/mol. The van der Waals surface area contributed by atoms with Crippen LogP contribution in [0, 0.1) is 0 Å². The molecule has 0 spiro atoms. The summed E-state index contributed by atoms with van der Waals surface area (Å²) in [6.45, 7) is 2.13. The number of rotatable bonds is 6. The van der Waals surface area contributed by atoms with Gasteiger partial charge in [0.1, 0.15) is 5.82 Å². The van der Waals surface area contributed by atoms with E-state index in [0.29, 0.717) is 28.3 Å². The molecule has 0 atom stereocenters. The van der Waals surface area contributed by atoms with Gasteiger partial charge in [-0.3, -0.25) is 9.59 Å². The summed E-state index contributed by atoms with van der Waals surface area (Å²) in [7, 11) is 0. The summed E-state index contributed by atoms with van der Waals surface area (Å²) in [6, 6.07) is 29.4. The normalized spacial score (nSPS) is 12.9. The number of carbonyl (C=O) groups excluding carboxylic acids is 2. The van der Waals surface area contributed by atoms with E-state index in [9.17, 15) is 9.59 Å². The number of anilines is 2. The molecule has 0 saturated carbocycles. The standard InChI is InChI=1S/C32H27N7O2/c40-31(23-13-16-27(17-14-23)39-19-5-2-6-20-39)33-26-15-18-28-29(21-26)35-30(34-28)22-9-11-24(12-10-22)32(41)37-38-36-25-7-3-1-4-8-25/h1,3-4,7-18,21H,2,5-6,19-20H2,(H,36,37,41)/p+1. The molecule has 9 nitrogen and oxygen atoms in total. The highest BCUT2D eigenvalue weighted by Crippen LogP contribution is 2.25. The Hall–Kier alpha value is -5.40. The Morgan fingerprint density at radius 1 is 0.829 bits per heavy atom. The highest BCUT2D eigenvalue weighted by molar-refractivity contribution is 6.05. The molecule has 2 N–H and O–H groups in total. The molecule has 0 radical (unpaired) electrons. The van der Waals surface area contributed by atoms with Crippen molar-refractivity contribution in [2.75, 3.05) is 23.3 Å². The third-order valence-electron chi connectivity index (χ3n) is 7.05. The van der Waals surface area contributed by atoms with Gasteiger partial charge in [-0.05, 0) is 86.0 Å². The maximum absolute atomic E-state index is 12.9. The van der Waals surface area contributed by atoms with Gasteiger partial charge in [-0.25, -0.2) is 4.98 Å². The quantitative estimate of drug-likeness (QED) is 0.179. The molecule has 0 unspecified atom stereocenters. The summed E-state index contributed by atoms with van der Waals surface area (Å²) >= 11 is 0. The molecule has 1 aliphatic rings. The third kappa shape index (κ3) is 6.11. The average molecular weight is 543 g/mol. The van der Waals surface area contributed by atoms with Crippen molar-refractivity contribution >= 4 is 39.9 Å². The summed E-state index contributed by atoms with van der Waals surface area (Å²) in [5.41, 5.74) is 5.80. The first kappa shape index (κ1) is 25.9. The van der Waals surface area contributed by atoms with E-state index in [1.54, 1.807) is 36.4 Å². The fraction of sp³-hybridized carbons (Fsp3) is 0.156. The molecule has 2 heterocycles. The molecule has 1 aromatic heterocycles. The van der Waals surface area contributed by atoms with Crippen molar-refractivity contribution in [2.24, 2.45) is 10.2 Å². The minimum absolute atomic E-state index is 0.167. The maximum Gasteiger partial charge on any atom is 0.360 e. The molecular weight excluding hydrogens is 514 g/mol. The number of H-pyrrole nitrogens is 1. The lowest BCUT2D eigenvalue weighted by atomic mass is 10.1. The minimum Gasteiger partial charge on any atom is -0.372 e. The van der Waals surface area contributed by atoms with Crippen molar-refractivity contribution in [3.63, 3.8) is 0 Å². The average Bonchev–Trinajstić information content (AvgIpc) is 3.46. The van der Waals surface area contributed by atoms with Crippen molar-refractivity contribution in [3.05, 3.63) is 108 Å². The van der Waals surface area contributed by atoms with Crippen LogP contribution in [-0.4, -0.2) is 34.9 Å². The number of amides is 2. The molecule has 41 heavy (non-hydrogen) atoms. The topological polar surface area (TPSA) is 117 Å². The molecule has 1 saturated heterocycles. The Balaban J connectivity index is 1.12. The molecule has 5 aromatic rings. The van der Waals surface area contributed by atoms with Gasteiger partial charge >= 0.3 is 5.91 Å². The second kappa shape index (κ2) is 11.8. The lowest BCUT2D eigenvalue weighted by molar-refractivity contribution is 0.0990. The van der Waals surface area contributed by atoms with Crippen LogP contribution in [0.15, 0.2) is 107 Å². The van der Waals surface area contributed by atoms with Gasteiger partial charge in [0.05, 0.1) is 11.0 Å². The minimum atomic E-state index is -0.484. The van der Waals surface area contributed by atoms with Gasteiger partial charge in [0, 0.05) is 41.2 Å². The van der Waals surface area contributed by atoms with E-state index >= 15 is 0 Å². The van der Waals surface area contributed by atoms with Gasteiger partial charge in [-0.2, -0.15) is 0 Å². The molecule has 202 valence electrons.